The standard InChI is InChI=1S/C32H37N5/c1-2-9-27(10-3-1)24-36-19-16-32(26-36)37(20-15-30-13-4-6-17-34-30)25-29-12-8-11-28(21-29)22-33-23-31-14-5-7-18-35-31/h1-14,17-18,21,32-33H,15-16,19-20,22-26H2. The summed E-state index contributed by atoms with van der Waals surface area (Å²) in [5, 5.41) is 3.54. The summed E-state index contributed by atoms with van der Waals surface area (Å²) >= 11 is 0. The third-order valence-corrected chi connectivity index (χ3v) is 7.13. The van der Waals surface area contributed by atoms with Crippen LogP contribution in [0.15, 0.2) is 103 Å². The molecule has 0 saturated carbocycles. The summed E-state index contributed by atoms with van der Waals surface area (Å²) in [5.74, 6) is 0. The molecular formula is C32H37N5. The fourth-order valence-electron chi connectivity index (χ4n) is 5.20. The number of nitrogens with zero attached hydrogens (tertiary/aromatic N) is 4. The second-order valence-electron chi connectivity index (χ2n) is 9.95. The van der Waals surface area contributed by atoms with Gasteiger partial charge >= 0.3 is 0 Å². The second kappa shape index (κ2) is 13.2. The zero-order valence-electron chi connectivity index (χ0n) is 21.5. The molecule has 1 aliphatic rings. The maximum absolute atomic E-state index is 4.58. The average Bonchev–Trinajstić information content (AvgIpc) is 3.41. The van der Waals surface area contributed by atoms with Gasteiger partial charge in [0.15, 0.2) is 0 Å². The fourth-order valence-corrected chi connectivity index (χ4v) is 5.20. The molecule has 2 aromatic heterocycles. The highest BCUT2D eigenvalue weighted by atomic mass is 15.2. The van der Waals surface area contributed by atoms with Crippen molar-refractivity contribution in [3.8, 4) is 0 Å². The van der Waals surface area contributed by atoms with Gasteiger partial charge in [-0.3, -0.25) is 19.8 Å². The minimum Gasteiger partial charge on any atom is -0.307 e. The van der Waals surface area contributed by atoms with Gasteiger partial charge in [0.1, 0.15) is 0 Å². The lowest BCUT2D eigenvalue weighted by Gasteiger charge is -2.29. The first-order valence-electron chi connectivity index (χ1n) is 13.4. The van der Waals surface area contributed by atoms with Crippen LogP contribution in [0.1, 0.15) is 34.5 Å². The lowest BCUT2D eigenvalue weighted by molar-refractivity contribution is 0.184. The number of rotatable bonds is 12. The molecule has 4 aromatic rings. The third-order valence-electron chi connectivity index (χ3n) is 7.13. The van der Waals surface area contributed by atoms with Crippen LogP contribution in [0, 0.1) is 0 Å². The van der Waals surface area contributed by atoms with Crippen molar-refractivity contribution in [1.82, 2.24) is 25.1 Å². The number of aromatic nitrogens is 2. The smallest absolute Gasteiger partial charge is 0.0541 e. The Kier molecular flexibility index (Phi) is 9.05. The van der Waals surface area contributed by atoms with Gasteiger partial charge in [0.05, 0.1) is 5.69 Å². The molecule has 190 valence electrons. The molecule has 5 rings (SSSR count). The Bertz CT molecular complexity index is 1200. The van der Waals surface area contributed by atoms with Gasteiger partial charge in [0.25, 0.3) is 0 Å². The Balaban J connectivity index is 1.22. The minimum absolute atomic E-state index is 0.554. The molecule has 5 nitrogen and oxygen atoms in total. The molecule has 5 heteroatoms. The summed E-state index contributed by atoms with van der Waals surface area (Å²) in [4.78, 5) is 14.3. The topological polar surface area (TPSA) is 44.3 Å². The van der Waals surface area contributed by atoms with E-state index >= 15 is 0 Å². The van der Waals surface area contributed by atoms with Crippen LogP contribution in [0.4, 0.5) is 0 Å². The number of nitrogens with one attached hydrogen (secondary N) is 1. The summed E-state index contributed by atoms with van der Waals surface area (Å²) < 4.78 is 0. The zero-order chi connectivity index (χ0) is 25.1. The molecule has 2 aromatic carbocycles. The molecule has 0 spiro atoms. The van der Waals surface area contributed by atoms with Crippen molar-refractivity contribution in [2.45, 2.75) is 45.1 Å². The van der Waals surface area contributed by atoms with E-state index < -0.39 is 0 Å². The second-order valence-corrected chi connectivity index (χ2v) is 9.95. The molecule has 0 bridgehead atoms. The summed E-state index contributed by atoms with van der Waals surface area (Å²) in [6.07, 6.45) is 5.93. The summed E-state index contributed by atoms with van der Waals surface area (Å²) in [5.41, 5.74) is 6.32. The molecule has 1 fully saturated rings. The van der Waals surface area contributed by atoms with Gasteiger partial charge < -0.3 is 5.32 Å². The van der Waals surface area contributed by atoms with Crippen molar-refractivity contribution in [2.75, 3.05) is 19.6 Å². The molecule has 37 heavy (non-hydrogen) atoms. The molecule has 0 amide bonds. The predicted molar refractivity (Wildman–Crippen MR) is 150 cm³/mol. The zero-order valence-corrected chi connectivity index (χ0v) is 21.5. The molecule has 1 unspecified atom stereocenters. The first-order valence-corrected chi connectivity index (χ1v) is 13.4. The van der Waals surface area contributed by atoms with Crippen LogP contribution < -0.4 is 5.32 Å². The first kappa shape index (κ1) is 25.3. The Morgan fingerprint density at radius 2 is 1.49 bits per heavy atom. The Hall–Kier alpha value is -3.38. The maximum Gasteiger partial charge on any atom is 0.0541 e. The molecule has 1 aliphatic heterocycles. The van der Waals surface area contributed by atoms with Crippen LogP contribution in [0.25, 0.3) is 0 Å². The van der Waals surface area contributed by atoms with Gasteiger partial charge in [-0.25, -0.2) is 0 Å². The largest absolute Gasteiger partial charge is 0.307 e. The number of benzene rings is 2. The first-order chi connectivity index (χ1) is 18.3. The lowest BCUT2D eigenvalue weighted by atomic mass is 10.1. The van der Waals surface area contributed by atoms with Gasteiger partial charge in [-0.1, -0.05) is 66.7 Å². The van der Waals surface area contributed by atoms with Crippen molar-refractivity contribution in [2.24, 2.45) is 0 Å². The normalized spacial score (nSPS) is 15.9. The quantitative estimate of drug-likeness (QED) is 0.299. The fraction of sp³-hybridized carbons (Fsp3) is 0.312. The SMILES string of the molecule is c1ccc(CN2CCC(N(CCc3ccccn3)Cc3cccc(CNCc4ccccn4)c3)C2)cc1. The van der Waals surface area contributed by atoms with E-state index in [1.54, 1.807) is 0 Å². The number of hydrogen-bond donors (Lipinski definition) is 1. The van der Waals surface area contributed by atoms with Crippen molar-refractivity contribution >= 4 is 0 Å². The molecule has 0 radical (unpaired) electrons. The van der Waals surface area contributed by atoms with Crippen LogP contribution in [-0.4, -0.2) is 45.4 Å². The van der Waals surface area contributed by atoms with Crippen LogP contribution >= 0.6 is 0 Å². The highest BCUT2D eigenvalue weighted by molar-refractivity contribution is 5.24. The van der Waals surface area contributed by atoms with Gasteiger partial charge in [-0.15, -0.1) is 0 Å². The van der Waals surface area contributed by atoms with Gasteiger partial charge in [-0.2, -0.15) is 0 Å². The van der Waals surface area contributed by atoms with E-state index in [1.165, 1.54) is 28.8 Å². The molecular weight excluding hydrogens is 454 g/mol. The lowest BCUT2D eigenvalue weighted by Crippen LogP contribution is -2.38. The molecule has 1 N–H and O–H groups in total. The van der Waals surface area contributed by atoms with Gasteiger partial charge in [0, 0.05) is 76.4 Å². The predicted octanol–water partition coefficient (Wildman–Crippen LogP) is 5.09. The van der Waals surface area contributed by atoms with E-state index in [0.29, 0.717) is 6.04 Å². The van der Waals surface area contributed by atoms with Crippen molar-refractivity contribution in [1.29, 1.82) is 0 Å². The molecule has 1 saturated heterocycles. The molecule has 1 atom stereocenters. The summed E-state index contributed by atoms with van der Waals surface area (Å²) in [7, 11) is 0. The van der Waals surface area contributed by atoms with Crippen LogP contribution in [-0.2, 0) is 32.6 Å². The van der Waals surface area contributed by atoms with Crippen LogP contribution in [0.5, 0.6) is 0 Å². The monoisotopic (exact) mass is 491 g/mol. The minimum atomic E-state index is 0.554. The van der Waals surface area contributed by atoms with E-state index in [0.717, 1.165) is 57.9 Å². The Morgan fingerprint density at radius 3 is 2.27 bits per heavy atom. The van der Waals surface area contributed by atoms with Crippen molar-refractivity contribution in [3.05, 3.63) is 131 Å². The van der Waals surface area contributed by atoms with E-state index in [2.05, 4.69) is 97.9 Å². The van der Waals surface area contributed by atoms with E-state index in [9.17, 15) is 0 Å². The average molecular weight is 492 g/mol. The summed E-state index contributed by atoms with van der Waals surface area (Å²) in [6, 6.07) is 32.7. The maximum atomic E-state index is 4.58. The van der Waals surface area contributed by atoms with Crippen molar-refractivity contribution < 1.29 is 0 Å². The molecule has 3 heterocycles. The van der Waals surface area contributed by atoms with Crippen LogP contribution in [0.3, 0.4) is 0 Å². The van der Waals surface area contributed by atoms with Crippen molar-refractivity contribution in [3.63, 3.8) is 0 Å². The van der Waals surface area contributed by atoms with Gasteiger partial charge in [0.2, 0.25) is 0 Å². The van der Waals surface area contributed by atoms with E-state index in [-0.39, 0.29) is 0 Å². The van der Waals surface area contributed by atoms with E-state index in [1.807, 2.05) is 30.6 Å². The highest BCUT2D eigenvalue weighted by Crippen LogP contribution is 2.21. The van der Waals surface area contributed by atoms with E-state index in [4.69, 9.17) is 0 Å². The number of likely N-dealkylation sites (tertiary alicyclic amines) is 1. The Morgan fingerprint density at radius 1 is 0.757 bits per heavy atom. The number of pyridine rings is 2. The van der Waals surface area contributed by atoms with Crippen LogP contribution in [0.2, 0.25) is 0 Å². The summed E-state index contributed by atoms with van der Waals surface area (Å²) in [6.45, 7) is 6.89. The van der Waals surface area contributed by atoms with Gasteiger partial charge in [-0.05, 0) is 47.4 Å². The Labute approximate surface area is 221 Å². The third kappa shape index (κ3) is 7.80. The number of hydrogen-bond acceptors (Lipinski definition) is 5. The highest BCUT2D eigenvalue weighted by Gasteiger charge is 2.27. The molecule has 0 aliphatic carbocycles.